The number of rotatable bonds is 2. The molecule has 1 fully saturated rings. The highest BCUT2D eigenvalue weighted by Gasteiger charge is 2.31. The van der Waals surface area contributed by atoms with Gasteiger partial charge in [0.15, 0.2) is 0 Å². The van der Waals surface area contributed by atoms with Gasteiger partial charge in [0.1, 0.15) is 5.82 Å². The average Bonchev–Trinajstić information content (AvgIpc) is 2.37. The molecule has 1 aromatic rings. The summed E-state index contributed by atoms with van der Waals surface area (Å²) in [5.41, 5.74) is -0.200. The molecule has 0 aliphatic carbocycles. The van der Waals surface area contributed by atoms with E-state index in [0.29, 0.717) is 18.7 Å². The summed E-state index contributed by atoms with van der Waals surface area (Å²) in [5, 5.41) is 10.0. The molecule has 104 valence electrons. The monoisotopic (exact) mass is 263 g/mol. The zero-order chi connectivity index (χ0) is 14.0. The Kier molecular flexibility index (Phi) is 3.75. The summed E-state index contributed by atoms with van der Waals surface area (Å²) in [6, 6.07) is 3.61. The molecule has 1 aliphatic heterocycles. The molecule has 1 aliphatic rings. The fourth-order valence-corrected chi connectivity index (χ4v) is 2.35. The maximum atomic E-state index is 12.3. The van der Waals surface area contributed by atoms with Gasteiger partial charge in [0.25, 0.3) is 5.91 Å². The fourth-order valence-electron chi connectivity index (χ4n) is 2.35. The van der Waals surface area contributed by atoms with Gasteiger partial charge in [-0.3, -0.25) is 4.79 Å². The second kappa shape index (κ2) is 5.17. The average molecular weight is 263 g/mol. The third-order valence-corrected chi connectivity index (χ3v) is 3.42. The Morgan fingerprint density at radius 2 is 2.21 bits per heavy atom. The van der Waals surface area contributed by atoms with Crippen LogP contribution in [0.2, 0.25) is 0 Å². The van der Waals surface area contributed by atoms with Crippen LogP contribution in [0.5, 0.6) is 0 Å². The SMILES string of the molecule is CN(C)c1ccc(C(=O)N2CCCC(C)(O)C2)cn1. The van der Waals surface area contributed by atoms with E-state index in [1.54, 1.807) is 24.1 Å². The van der Waals surface area contributed by atoms with Crippen LogP contribution in [-0.2, 0) is 0 Å². The van der Waals surface area contributed by atoms with E-state index in [2.05, 4.69) is 4.98 Å². The molecule has 0 radical (unpaired) electrons. The van der Waals surface area contributed by atoms with Crippen molar-refractivity contribution >= 4 is 11.7 Å². The lowest BCUT2D eigenvalue weighted by molar-refractivity contribution is -0.0107. The number of carbonyl (C=O) groups is 1. The first-order valence-corrected chi connectivity index (χ1v) is 6.54. The predicted octanol–water partition coefficient (Wildman–Crippen LogP) is 1.13. The number of aromatic nitrogens is 1. The molecule has 1 saturated heterocycles. The summed E-state index contributed by atoms with van der Waals surface area (Å²) in [5.74, 6) is 0.764. The minimum absolute atomic E-state index is 0.0576. The molecule has 2 heterocycles. The van der Waals surface area contributed by atoms with E-state index >= 15 is 0 Å². The van der Waals surface area contributed by atoms with Gasteiger partial charge >= 0.3 is 0 Å². The first-order chi connectivity index (χ1) is 8.89. The van der Waals surface area contributed by atoms with Crippen molar-refractivity contribution in [3.63, 3.8) is 0 Å². The highest BCUT2D eigenvalue weighted by atomic mass is 16.3. The van der Waals surface area contributed by atoms with Gasteiger partial charge in [0.2, 0.25) is 0 Å². The van der Waals surface area contributed by atoms with Crippen molar-refractivity contribution in [3.8, 4) is 0 Å². The van der Waals surface area contributed by atoms with Crippen molar-refractivity contribution in [2.75, 3.05) is 32.1 Å². The maximum absolute atomic E-state index is 12.3. The summed E-state index contributed by atoms with van der Waals surface area (Å²) in [4.78, 5) is 20.2. The summed E-state index contributed by atoms with van der Waals surface area (Å²) in [6.07, 6.45) is 3.18. The molecule has 1 N–H and O–H groups in total. The summed E-state index contributed by atoms with van der Waals surface area (Å²) >= 11 is 0. The molecular formula is C14H21N3O2. The molecule has 0 spiro atoms. The smallest absolute Gasteiger partial charge is 0.255 e. The van der Waals surface area contributed by atoms with Gasteiger partial charge in [-0.25, -0.2) is 4.98 Å². The maximum Gasteiger partial charge on any atom is 0.255 e. The molecule has 5 heteroatoms. The number of β-amino-alcohol motifs (C(OH)–C–C–N with tert-alkyl or cyclic N) is 1. The van der Waals surface area contributed by atoms with E-state index in [1.807, 2.05) is 25.1 Å². The number of nitrogens with zero attached hydrogens (tertiary/aromatic N) is 3. The molecule has 0 saturated carbocycles. The Bertz CT molecular complexity index is 454. The van der Waals surface area contributed by atoms with E-state index in [1.165, 1.54) is 0 Å². The molecule has 2 rings (SSSR count). The zero-order valence-corrected chi connectivity index (χ0v) is 11.8. The summed E-state index contributed by atoms with van der Waals surface area (Å²) < 4.78 is 0. The number of hydrogen-bond acceptors (Lipinski definition) is 4. The number of carbonyl (C=O) groups excluding carboxylic acids is 1. The van der Waals surface area contributed by atoms with Crippen LogP contribution in [0.25, 0.3) is 0 Å². The molecular weight excluding hydrogens is 242 g/mol. The van der Waals surface area contributed by atoms with Crippen LogP contribution in [0.4, 0.5) is 5.82 Å². The van der Waals surface area contributed by atoms with Gasteiger partial charge in [0, 0.05) is 33.4 Å². The van der Waals surface area contributed by atoms with E-state index in [-0.39, 0.29) is 5.91 Å². The van der Waals surface area contributed by atoms with Crippen molar-refractivity contribution in [2.45, 2.75) is 25.4 Å². The number of pyridine rings is 1. The standard InChI is InChI=1S/C14H21N3O2/c1-14(19)7-4-8-17(10-14)13(18)11-5-6-12(15-9-11)16(2)3/h5-6,9,19H,4,7-8,10H2,1-3H3. The highest BCUT2D eigenvalue weighted by Crippen LogP contribution is 2.22. The number of piperidine rings is 1. The van der Waals surface area contributed by atoms with Gasteiger partial charge in [-0.15, -0.1) is 0 Å². The van der Waals surface area contributed by atoms with E-state index < -0.39 is 5.60 Å². The molecule has 0 aromatic carbocycles. The van der Waals surface area contributed by atoms with Gasteiger partial charge in [-0.2, -0.15) is 0 Å². The number of amides is 1. The van der Waals surface area contributed by atoms with Crippen LogP contribution in [0, 0.1) is 0 Å². The Morgan fingerprint density at radius 1 is 1.47 bits per heavy atom. The van der Waals surface area contributed by atoms with E-state index in [0.717, 1.165) is 18.7 Å². The normalized spacial score (nSPS) is 23.3. The lowest BCUT2D eigenvalue weighted by atomic mass is 9.95. The highest BCUT2D eigenvalue weighted by molar-refractivity contribution is 5.94. The largest absolute Gasteiger partial charge is 0.388 e. The quantitative estimate of drug-likeness (QED) is 0.869. The van der Waals surface area contributed by atoms with Gasteiger partial charge < -0.3 is 14.9 Å². The molecule has 1 amide bonds. The van der Waals surface area contributed by atoms with Crippen LogP contribution >= 0.6 is 0 Å². The van der Waals surface area contributed by atoms with E-state index in [4.69, 9.17) is 0 Å². The number of hydrogen-bond donors (Lipinski definition) is 1. The van der Waals surface area contributed by atoms with Crippen LogP contribution in [0.3, 0.4) is 0 Å². The number of likely N-dealkylation sites (tertiary alicyclic amines) is 1. The fraction of sp³-hybridized carbons (Fsp3) is 0.571. The van der Waals surface area contributed by atoms with Gasteiger partial charge in [-0.05, 0) is 31.9 Å². The second-order valence-corrected chi connectivity index (χ2v) is 5.63. The zero-order valence-electron chi connectivity index (χ0n) is 11.8. The van der Waals surface area contributed by atoms with Crippen molar-refractivity contribution in [3.05, 3.63) is 23.9 Å². The van der Waals surface area contributed by atoms with Crippen molar-refractivity contribution in [1.82, 2.24) is 9.88 Å². The molecule has 0 bridgehead atoms. The van der Waals surface area contributed by atoms with Crippen LogP contribution in [0.1, 0.15) is 30.1 Å². The Morgan fingerprint density at radius 3 is 2.74 bits per heavy atom. The van der Waals surface area contributed by atoms with Gasteiger partial charge in [0.05, 0.1) is 11.2 Å². The lowest BCUT2D eigenvalue weighted by Gasteiger charge is -2.36. The van der Waals surface area contributed by atoms with Crippen LogP contribution < -0.4 is 4.90 Å². The lowest BCUT2D eigenvalue weighted by Crippen LogP contribution is -2.48. The van der Waals surface area contributed by atoms with E-state index in [9.17, 15) is 9.90 Å². The molecule has 1 atom stereocenters. The Hall–Kier alpha value is -1.62. The molecule has 1 aromatic heterocycles. The second-order valence-electron chi connectivity index (χ2n) is 5.63. The summed E-state index contributed by atoms with van der Waals surface area (Å²) in [7, 11) is 3.82. The topological polar surface area (TPSA) is 56.7 Å². The Balaban J connectivity index is 2.11. The van der Waals surface area contributed by atoms with Gasteiger partial charge in [-0.1, -0.05) is 0 Å². The number of anilines is 1. The predicted molar refractivity (Wildman–Crippen MR) is 74.3 cm³/mol. The minimum atomic E-state index is -0.773. The first-order valence-electron chi connectivity index (χ1n) is 6.54. The third-order valence-electron chi connectivity index (χ3n) is 3.42. The molecule has 5 nitrogen and oxygen atoms in total. The number of aliphatic hydroxyl groups is 1. The van der Waals surface area contributed by atoms with Crippen molar-refractivity contribution < 1.29 is 9.90 Å². The molecule has 19 heavy (non-hydrogen) atoms. The van der Waals surface area contributed by atoms with Crippen LogP contribution in [0.15, 0.2) is 18.3 Å². The van der Waals surface area contributed by atoms with Crippen LogP contribution in [-0.4, -0.2) is 53.7 Å². The Labute approximate surface area is 113 Å². The summed E-state index contributed by atoms with van der Waals surface area (Å²) in [6.45, 7) is 2.87. The van der Waals surface area contributed by atoms with Crippen molar-refractivity contribution in [1.29, 1.82) is 0 Å². The molecule has 1 unspecified atom stereocenters. The van der Waals surface area contributed by atoms with Crippen molar-refractivity contribution in [2.24, 2.45) is 0 Å². The third kappa shape index (κ3) is 3.23. The first kappa shape index (κ1) is 13.8. The minimum Gasteiger partial charge on any atom is -0.388 e.